The number of nitrogens with one attached hydrogen (secondary N) is 1. The predicted molar refractivity (Wildman–Crippen MR) is 123 cm³/mol. The number of ether oxygens (including phenoxy) is 1. The van der Waals surface area contributed by atoms with Crippen LogP contribution < -0.4 is 15.8 Å². The number of para-hydroxylation sites is 1. The molecule has 1 unspecified atom stereocenters. The van der Waals surface area contributed by atoms with E-state index in [0.717, 1.165) is 5.56 Å². The number of carbonyl (C=O) groups is 1. The van der Waals surface area contributed by atoms with E-state index in [0.29, 0.717) is 11.3 Å². The molecule has 3 rings (SSSR count). The second-order valence-corrected chi connectivity index (χ2v) is 7.41. The highest BCUT2D eigenvalue weighted by molar-refractivity contribution is 6.02. The van der Waals surface area contributed by atoms with E-state index in [4.69, 9.17) is 10.5 Å². The Morgan fingerprint density at radius 1 is 0.971 bits per heavy atom. The smallest absolute Gasteiger partial charge is 0.408 e. The van der Waals surface area contributed by atoms with Crippen LogP contribution in [0.2, 0.25) is 0 Å². The Morgan fingerprint density at radius 2 is 1.54 bits per heavy atom. The topological polar surface area (TPSA) is 64.4 Å². The van der Waals surface area contributed by atoms with Crippen molar-refractivity contribution in [3.63, 3.8) is 0 Å². The lowest BCUT2D eigenvalue weighted by atomic mass is 9.92. The van der Waals surface area contributed by atoms with Crippen molar-refractivity contribution in [2.24, 2.45) is 5.73 Å². The van der Waals surface area contributed by atoms with Gasteiger partial charge in [-0.05, 0) is 36.6 Å². The van der Waals surface area contributed by atoms with E-state index in [2.05, 4.69) is 0 Å². The molecular weight excluding hydrogens is 474 g/mol. The Hall–Kier alpha value is -3.17. The molecule has 0 fully saturated rings. The number of alkyl halides is 6. The maximum atomic E-state index is 12.7. The summed E-state index contributed by atoms with van der Waals surface area (Å²) in [5.74, 6) is -0.265. The standard InChI is InChI=1S/C13H13F3N2O.C10H11F3O.C2H6/c1-7-2-4-8(5-3-7)9-6-10(13(14,15)16)18-12(19)11(9)17;11-10(12,13)7-4-8-14-9-5-2-1-3-6-9;1-2/h2-5,10H,6,17H2,1H3,(H,18,19);1-3,5-6H,4,7-8H2;1-2H3. The van der Waals surface area contributed by atoms with Crippen molar-refractivity contribution in [2.75, 3.05) is 6.61 Å². The van der Waals surface area contributed by atoms with Gasteiger partial charge in [0, 0.05) is 12.8 Å². The van der Waals surface area contributed by atoms with Crippen molar-refractivity contribution in [1.29, 1.82) is 0 Å². The first-order valence-electron chi connectivity index (χ1n) is 11.0. The van der Waals surface area contributed by atoms with Crippen LogP contribution in [-0.4, -0.2) is 30.9 Å². The highest BCUT2D eigenvalue weighted by Crippen LogP contribution is 2.33. The molecule has 0 aromatic heterocycles. The zero-order chi connectivity index (χ0) is 26.6. The quantitative estimate of drug-likeness (QED) is 0.359. The highest BCUT2D eigenvalue weighted by atomic mass is 19.4. The van der Waals surface area contributed by atoms with Crippen LogP contribution in [0.15, 0.2) is 60.3 Å². The second-order valence-electron chi connectivity index (χ2n) is 7.41. The fourth-order valence-corrected chi connectivity index (χ4v) is 2.94. The van der Waals surface area contributed by atoms with Gasteiger partial charge in [0.1, 0.15) is 17.5 Å². The number of aryl methyl sites for hydroxylation is 1. The lowest BCUT2D eigenvalue weighted by molar-refractivity contribution is -0.160. The van der Waals surface area contributed by atoms with Crippen LogP contribution in [0, 0.1) is 6.92 Å². The molecule has 0 saturated carbocycles. The Labute approximate surface area is 201 Å². The maximum Gasteiger partial charge on any atom is 0.408 e. The van der Waals surface area contributed by atoms with Crippen LogP contribution in [0.3, 0.4) is 0 Å². The van der Waals surface area contributed by atoms with E-state index in [1.807, 2.05) is 32.2 Å². The van der Waals surface area contributed by atoms with Crippen LogP contribution >= 0.6 is 0 Å². The minimum atomic E-state index is -4.48. The number of hydrogen-bond donors (Lipinski definition) is 2. The summed E-state index contributed by atoms with van der Waals surface area (Å²) < 4.78 is 78.4. The number of rotatable bonds is 5. The third-order valence-corrected chi connectivity index (χ3v) is 4.69. The molecule has 2 aromatic rings. The Morgan fingerprint density at radius 3 is 2.06 bits per heavy atom. The molecule has 0 aliphatic carbocycles. The average molecular weight is 505 g/mol. The number of nitrogens with two attached hydrogens (primary N) is 1. The summed E-state index contributed by atoms with van der Waals surface area (Å²) in [6.45, 7) is 5.97. The minimum Gasteiger partial charge on any atom is -0.494 e. The van der Waals surface area contributed by atoms with Crippen LogP contribution in [0.1, 0.15) is 44.2 Å². The Balaban J connectivity index is 0.000000341. The lowest BCUT2D eigenvalue weighted by Crippen LogP contribution is -2.50. The van der Waals surface area contributed by atoms with Gasteiger partial charge in [0.15, 0.2) is 0 Å². The molecule has 0 radical (unpaired) electrons. The number of benzene rings is 2. The Bertz CT molecular complexity index is 939. The van der Waals surface area contributed by atoms with E-state index in [1.54, 1.807) is 48.5 Å². The second kappa shape index (κ2) is 13.7. The van der Waals surface area contributed by atoms with Crippen LogP contribution in [0.4, 0.5) is 26.3 Å². The van der Waals surface area contributed by atoms with Gasteiger partial charge in [0.05, 0.1) is 6.61 Å². The zero-order valence-corrected chi connectivity index (χ0v) is 19.8. The van der Waals surface area contributed by atoms with Crippen LogP contribution in [-0.2, 0) is 4.79 Å². The van der Waals surface area contributed by atoms with Gasteiger partial charge in [-0.1, -0.05) is 61.9 Å². The molecule has 2 aromatic carbocycles. The van der Waals surface area contributed by atoms with Gasteiger partial charge in [-0.3, -0.25) is 4.79 Å². The summed E-state index contributed by atoms with van der Waals surface area (Å²) in [6, 6.07) is 13.8. The molecule has 0 saturated heterocycles. The van der Waals surface area contributed by atoms with Gasteiger partial charge in [0.25, 0.3) is 5.91 Å². The number of amides is 1. The van der Waals surface area contributed by atoms with E-state index in [9.17, 15) is 31.1 Å². The molecule has 3 N–H and O–H groups in total. The van der Waals surface area contributed by atoms with Crippen molar-refractivity contribution in [1.82, 2.24) is 5.32 Å². The van der Waals surface area contributed by atoms with Gasteiger partial charge < -0.3 is 15.8 Å². The third-order valence-electron chi connectivity index (χ3n) is 4.69. The first kappa shape index (κ1) is 29.9. The number of halogens is 6. The van der Waals surface area contributed by atoms with Crippen molar-refractivity contribution < 1.29 is 35.9 Å². The summed E-state index contributed by atoms with van der Waals surface area (Å²) in [4.78, 5) is 11.5. The zero-order valence-electron chi connectivity index (χ0n) is 19.8. The van der Waals surface area contributed by atoms with Crippen molar-refractivity contribution >= 4 is 11.5 Å². The molecule has 4 nitrogen and oxygen atoms in total. The molecule has 1 heterocycles. The van der Waals surface area contributed by atoms with Gasteiger partial charge in [-0.2, -0.15) is 26.3 Å². The highest BCUT2D eigenvalue weighted by Gasteiger charge is 2.44. The largest absolute Gasteiger partial charge is 0.494 e. The fourth-order valence-electron chi connectivity index (χ4n) is 2.94. The monoisotopic (exact) mass is 504 g/mol. The minimum absolute atomic E-state index is 0.00159. The van der Waals surface area contributed by atoms with E-state index >= 15 is 0 Å². The molecule has 0 spiro atoms. The third kappa shape index (κ3) is 10.7. The first-order chi connectivity index (χ1) is 16.4. The lowest BCUT2D eigenvalue weighted by Gasteiger charge is -2.28. The molecule has 1 atom stereocenters. The fraction of sp³-hybridized carbons (Fsp3) is 0.400. The normalized spacial score (nSPS) is 15.8. The summed E-state index contributed by atoms with van der Waals surface area (Å²) >= 11 is 0. The average Bonchev–Trinajstić information content (AvgIpc) is 2.80. The van der Waals surface area contributed by atoms with Gasteiger partial charge in [0.2, 0.25) is 0 Å². The Kier molecular flexibility index (Phi) is 11.6. The van der Waals surface area contributed by atoms with Gasteiger partial charge >= 0.3 is 12.4 Å². The summed E-state index contributed by atoms with van der Waals surface area (Å²) in [5, 5.41) is 1.87. The SMILES string of the molecule is CC.Cc1ccc(C2=C(N)C(=O)NC(C(F)(F)F)C2)cc1.FC(F)(F)CCCOc1ccccc1. The molecule has 35 heavy (non-hydrogen) atoms. The maximum absolute atomic E-state index is 12.7. The van der Waals surface area contributed by atoms with E-state index < -0.39 is 30.7 Å². The summed E-state index contributed by atoms with van der Waals surface area (Å²) in [6.07, 6.45) is -9.70. The van der Waals surface area contributed by atoms with Crippen LogP contribution in [0.5, 0.6) is 5.75 Å². The number of carbonyl (C=O) groups excluding carboxylic acids is 1. The molecular formula is C25H30F6N2O2. The predicted octanol–water partition coefficient (Wildman–Crippen LogP) is 6.55. The van der Waals surface area contributed by atoms with Crippen molar-refractivity contribution in [3.8, 4) is 5.75 Å². The summed E-state index contributed by atoms with van der Waals surface area (Å²) in [7, 11) is 0. The molecule has 1 aliphatic rings. The molecule has 1 aliphatic heterocycles. The summed E-state index contributed by atoms with van der Waals surface area (Å²) in [5.41, 5.74) is 7.22. The van der Waals surface area contributed by atoms with Crippen LogP contribution in [0.25, 0.3) is 5.57 Å². The van der Waals surface area contributed by atoms with Gasteiger partial charge in [-0.25, -0.2) is 0 Å². The van der Waals surface area contributed by atoms with Gasteiger partial charge in [-0.15, -0.1) is 0 Å². The van der Waals surface area contributed by atoms with E-state index in [1.165, 1.54) is 0 Å². The van der Waals surface area contributed by atoms with E-state index in [-0.39, 0.29) is 30.7 Å². The molecule has 10 heteroatoms. The molecule has 194 valence electrons. The number of hydrogen-bond acceptors (Lipinski definition) is 3. The molecule has 0 bridgehead atoms. The molecule has 1 amide bonds. The van der Waals surface area contributed by atoms with Crippen molar-refractivity contribution in [2.45, 2.75) is 58.4 Å². The first-order valence-corrected chi connectivity index (χ1v) is 11.0. The van der Waals surface area contributed by atoms with Crippen molar-refractivity contribution in [3.05, 3.63) is 71.4 Å².